The average molecular weight is 435 g/mol. The zero-order valence-corrected chi connectivity index (χ0v) is 18.3. The molecule has 1 N–H and O–H groups in total. The highest BCUT2D eigenvalue weighted by molar-refractivity contribution is 9.10. The maximum Gasteiger partial charge on any atom is 0.261 e. The summed E-state index contributed by atoms with van der Waals surface area (Å²) in [6, 6.07) is 6.00. The lowest BCUT2D eigenvalue weighted by atomic mass is 10.1. The summed E-state index contributed by atoms with van der Waals surface area (Å²) >= 11 is 3.49. The van der Waals surface area contributed by atoms with Gasteiger partial charge in [-0.1, -0.05) is 43.1 Å². The fraction of sp³-hybridized carbons (Fsp3) is 0.619. The molecular formula is C21H31BrN4O. The third kappa shape index (κ3) is 4.61. The largest absolute Gasteiger partial charge is 0.315 e. The standard InChI is InChI=1S/C21H31BrN4O/c1-4-6-19(25-11-9-23-13-15(3)14-25)20-24-18-8-7-16(22)12-17(18)21(27)26(20)10-5-2/h7-8,12,15,19,23H,4-6,9-11,13-14H2,1-3H3/t15-,19-/m0/s1. The molecule has 1 saturated heterocycles. The number of aromatic nitrogens is 2. The molecule has 0 spiro atoms. The molecule has 1 aromatic heterocycles. The highest BCUT2D eigenvalue weighted by atomic mass is 79.9. The second kappa shape index (κ2) is 9.30. The van der Waals surface area contributed by atoms with Crippen LogP contribution in [0.4, 0.5) is 0 Å². The molecular weight excluding hydrogens is 404 g/mol. The number of hydrogen-bond acceptors (Lipinski definition) is 4. The highest BCUT2D eigenvalue weighted by Gasteiger charge is 2.27. The summed E-state index contributed by atoms with van der Waals surface area (Å²) in [5, 5.41) is 4.22. The van der Waals surface area contributed by atoms with Gasteiger partial charge >= 0.3 is 0 Å². The number of nitrogens with zero attached hydrogens (tertiary/aromatic N) is 3. The second-order valence-corrected chi connectivity index (χ2v) is 8.61. The van der Waals surface area contributed by atoms with E-state index in [1.54, 1.807) is 0 Å². The van der Waals surface area contributed by atoms with Gasteiger partial charge in [0.05, 0.1) is 16.9 Å². The van der Waals surface area contributed by atoms with E-state index in [-0.39, 0.29) is 11.6 Å². The molecule has 27 heavy (non-hydrogen) atoms. The number of hydrogen-bond donors (Lipinski definition) is 1. The minimum Gasteiger partial charge on any atom is -0.315 e. The van der Waals surface area contributed by atoms with Crippen LogP contribution in [-0.2, 0) is 6.54 Å². The lowest BCUT2D eigenvalue weighted by Crippen LogP contribution is -2.38. The summed E-state index contributed by atoms with van der Waals surface area (Å²) in [5.74, 6) is 1.53. The molecule has 1 aliphatic heterocycles. The van der Waals surface area contributed by atoms with Gasteiger partial charge in [-0.2, -0.15) is 0 Å². The Labute approximate surface area is 170 Å². The molecule has 1 aromatic carbocycles. The molecule has 1 fully saturated rings. The van der Waals surface area contributed by atoms with Gasteiger partial charge in [0.2, 0.25) is 0 Å². The zero-order chi connectivity index (χ0) is 19.4. The van der Waals surface area contributed by atoms with Crippen LogP contribution in [0.3, 0.4) is 0 Å². The number of halogens is 1. The van der Waals surface area contributed by atoms with Gasteiger partial charge in [-0.25, -0.2) is 4.98 Å². The maximum atomic E-state index is 13.3. The normalized spacial score (nSPS) is 19.9. The lowest BCUT2D eigenvalue weighted by Gasteiger charge is -2.32. The third-order valence-corrected chi connectivity index (χ3v) is 5.80. The third-order valence-electron chi connectivity index (χ3n) is 5.31. The van der Waals surface area contributed by atoms with Crippen molar-refractivity contribution in [3.05, 3.63) is 38.9 Å². The van der Waals surface area contributed by atoms with Gasteiger partial charge in [0.25, 0.3) is 5.56 Å². The maximum absolute atomic E-state index is 13.3. The molecule has 0 aliphatic carbocycles. The van der Waals surface area contributed by atoms with E-state index >= 15 is 0 Å². The molecule has 2 aromatic rings. The Morgan fingerprint density at radius 3 is 2.89 bits per heavy atom. The van der Waals surface area contributed by atoms with E-state index in [2.05, 4.69) is 46.9 Å². The fourth-order valence-electron chi connectivity index (χ4n) is 4.06. The summed E-state index contributed by atoms with van der Waals surface area (Å²) in [6.45, 7) is 11.4. The molecule has 1 aliphatic rings. The van der Waals surface area contributed by atoms with Gasteiger partial charge in [0.15, 0.2) is 0 Å². The van der Waals surface area contributed by atoms with Crippen LogP contribution in [0.5, 0.6) is 0 Å². The van der Waals surface area contributed by atoms with E-state index in [1.807, 2.05) is 22.8 Å². The number of rotatable bonds is 6. The van der Waals surface area contributed by atoms with Gasteiger partial charge in [-0.15, -0.1) is 0 Å². The smallest absolute Gasteiger partial charge is 0.261 e. The van der Waals surface area contributed by atoms with Crippen LogP contribution in [-0.4, -0.2) is 40.6 Å². The molecule has 0 bridgehead atoms. The summed E-state index contributed by atoms with van der Waals surface area (Å²) in [7, 11) is 0. The first-order valence-corrected chi connectivity index (χ1v) is 11.0. The van der Waals surface area contributed by atoms with Crippen LogP contribution in [0.15, 0.2) is 27.5 Å². The number of fused-ring (bicyclic) bond motifs is 1. The quantitative estimate of drug-likeness (QED) is 0.747. The van der Waals surface area contributed by atoms with E-state index in [1.165, 1.54) is 0 Å². The molecule has 3 rings (SSSR count). The van der Waals surface area contributed by atoms with Crippen molar-refractivity contribution in [3.63, 3.8) is 0 Å². The van der Waals surface area contributed by atoms with Gasteiger partial charge in [-0.3, -0.25) is 14.3 Å². The fourth-order valence-corrected chi connectivity index (χ4v) is 4.42. The number of nitrogens with one attached hydrogen (secondary N) is 1. The topological polar surface area (TPSA) is 50.2 Å². The predicted molar refractivity (Wildman–Crippen MR) is 115 cm³/mol. The van der Waals surface area contributed by atoms with Crippen LogP contribution in [0, 0.1) is 5.92 Å². The first-order chi connectivity index (χ1) is 13.0. The first-order valence-electron chi connectivity index (χ1n) is 10.2. The van der Waals surface area contributed by atoms with E-state index in [0.29, 0.717) is 17.8 Å². The first kappa shape index (κ1) is 20.5. The minimum absolute atomic E-state index is 0.0836. The SMILES string of the molecule is CCC[C@@H](c1nc2ccc(Br)cc2c(=O)n1CCC)N1CCNC[C@H](C)C1. The van der Waals surface area contributed by atoms with Crippen LogP contribution in [0.25, 0.3) is 10.9 Å². The Kier molecular flexibility index (Phi) is 7.06. The van der Waals surface area contributed by atoms with Crippen molar-refractivity contribution in [1.82, 2.24) is 19.8 Å². The van der Waals surface area contributed by atoms with E-state index in [9.17, 15) is 4.79 Å². The molecule has 0 unspecified atom stereocenters. The lowest BCUT2D eigenvalue weighted by molar-refractivity contribution is 0.168. The van der Waals surface area contributed by atoms with Crippen LogP contribution in [0.1, 0.15) is 51.9 Å². The van der Waals surface area contributed by atoms with Gasteiger partial charge < -0.3 is 5.32 Å². The van der Waals surface area contributed by atoms with Gasteiger partial charge in [0.1, 0.15) is 5.82 Å². The van der Waals surface area contributed by atoms with Gasteiger partial charge in [-0.05, 0) is 43.5 Å². The summed E-state index contributed by atoms with van der Waals surface area (Å²) < 4.78 is 2.85. The molecule has 5 nitrogen and oxygen atoms in total. The van der Waals surface area contributed by atoms with Crippen LogP contribution < -0.4 is 10.9 Å². The van der Waals surface area contributed by atoms with Crippen molar-refractivity contribution in [3.8, 4) is 0 Å². The van der Waals surface area contributed by atoms with Crippen molar-refractivity contribution in [2.24, 2.45) is 5.92 Å². The van der Waals surface area contributed by atoms with Crippen molar-refractivity contribution < 1.29 is 0 Å². The molecule has 0 amide bonds. The van der Waals surface area contributed by atoms with E-state index in [0.717, 1.165) is 61.3 Å². The van der Waals surface area contributed by atoms with Crippen molar-refractivity contribution in [1.29, 1.82) is 0 Å². The molecule has 0 saturated carbocycles. The summed E-state index contributed by atoms with van der Waals surface area (Å²) in [6.07, 6.45) is 3.01. The molecule has 148 valence electrons. The van der Waals surface area contributed by atoms with Crippen molar-refractivity contribution >= 4 is 26.8 Å². The Morgan fingerprint density at radius 2 is 2.15 bits per heavy atom. The predicted octanol–water partition coefficient (Wildman–Crippen LogP) is 3.95. The van der Waals surface area contributed by atoms with E-state index in [4.69, 9.17) is 4.98 Å². The van der Waals surface area contributed by atoms with Crippen molar-refractivity contribution in [2.75, 3.05) is 26.2 Å². The van der Waals surface area contributed by atoms with Crippen LogP contribution >= 0.6 is 15.9 Å². The number of benzene rings is 1. The van der Waals surface area contributed by atoms with Crippen LogP contribution in [0.2, 0.25) is 0 Å². The Morgan fingerprint density at radius 1 is 1.33 bits per heavy atom. The summed E-state index contributed by atoms with van der Waals surface area (Å²) in [4.78, 5) is 20.8. The molecule has 0 radical (unpaired) electrons. The summed E-state index contributed by atoms with van der Waals surface area (Å²) in [5.41, 5.74) is 0.882. The van der Waals surface area contributed by atoms with Gasteiger partial charge in [0, 0.05) is 30.7 Å². The highest BCUT2D eigenvalue weighted by Crippen LogP contribution is 2.27. The Hall–Kier alpha value is -1.24. The minimum atomic E-state index is 0.0836. The molecule has 2 atom stereocenters. The second-order valence-electron chi connectivity index (χ2n) is 7.70. The van der Waals surface area contributed by atoms with E-state index < -0.39 is 0 Å². The molecule has 6 heteroatoms. The van der Waals surface area contributed by atoms with Crippen molar-refractivity contribution in [2.45, 2.75) is 52.6 Å². The Balaban J connectivity index is 2.13. The zero-order valence-electron chi connectivity index (χ0n) is 16.7. The average Bonchev–Trinajstić information content (AvgIpc) is 2.87. The molecule has 2 heterocycles. The monoisotopic (exact) mass is 434 g/mol. The Bertz CT molecular complexity index is 835.